The molecule has 1 atom stereocenters. The Hall–Kier alpha value is -1.10. The number of benzene rings is 1. The largest absolute Gasteiger partial charge is 0.497 e. The fraction of sp³-hybridized carbons (Fsp3) is 0.571. The van der Waals surface area contributed by atoms with Gasteiger partial charge in [0.25, 0.3) is 0 Å². The lowest BCUT2D eigenvalue weighted by molar-refractivity contribution is -0.154. The van der Waals surface area contributed by atoms with Crippen molar-refractivity contribution >= 4 is 0 Å². The SMILES string of the molecule is CCOC(OCC)C(NC)c1ccc(OC)cc1. The Balaban J connectivity index is 2.83. The van der Waals surface area contributed by atoms with Gasteiger partial charge in [0.1, 0.15) is 5.75 Å². The maximum Gasteiger partial charge on any atom is 0.176 e. The minimum atomic E-state index is -0.279. The van der Waals surface area contributed by atoms with E-state index in [0.717, 1.165) is 11.3 Å². The Morgan fingerprint density at radius 2 is 1.61 bits per heavy atom. The zero-order valence-electron chi connectivity index (χ0n) is 11.6. The first-order valence-corrected chi connectivity index (χ1v) is 6.31. The lowest BCUT2D eigenvalue weighted by Gasteiger charge is -2.26. The number of ether oxygens (including phenoxy) is 3. The molecule has 0 bridgehead atoms. The maximum absolute atomic E-state index is 5.63. The second-order valence-electron chi connectivity index (χ2n) is 3.82. The second kappa shape index (κ2) is 8.08. The Morgan fingerprint density at radius 3 is 2.00 bits per heavy atom. The van der Waals surface area contributed by atoms with Crippen LogP contribution in [0.25, 0.3) is 0 Å². The summed E-state index contributed by atoms with van der Waals surface area (Å²) in [6, 6.07) is 7.93. The van der Waals surface area contributed by atoms with Crippen LogP contribution < -0.4 is 10.1 Å². The number of hydrogen-bond donors (Lipinski definition) is 1. The topological polar surface area (TPSA) is 39.7 Å². The highest BCUT2D eigenvalue weighted by Gasteiger charge is 2.22. The van der Waals surface area contributed by atoms with E-state index in [1.807, 2.05) is 45.2 Å². The molecule has 0 saturated carbocycles. The van der Waals surface area contributed by atoms with Gasteiger partial charge in [0.2, 0.25) is 0 Å². The van der Waals surface area contributed by atoms with Gasteiger partial charge in [-0.1, -0.05) is 12.1 Å². The van der Waals surface area contributed by atoms with Gasteiger partial charge >= 0.3 is 0 Å². The highest BCUT2D eigenvalue weighted by atomic mass is 16.7. The first-order valence-electron chi connectivity index (χ1n) is 6.31. The summed E-state index contributed by atoms with van der Waals surface area (Å²) in [7, 11) is 3.56. The lowest BCUT2D eigenvalue weighted by atomic mass is 10.1. The molecule has 4 heteroatoms. The lowest BCUT2D eigenvalue weighted by Crippen LogP contribution is -2.34. The van der Waals surface area contributed by atoms with E-state index in [0.29, 0.717) is 13.2 Å². The molecule has 102 valence electrons. The molecule has 0 amide bonds. The van der Waals surface area contributed by atoms with Gasteiger partial charge in [-0.25, -0.2) is 0 Å². The zero-order valence-corrected chi connectivity index (χ0v) is 11.6. The predicted octanol–water partition coefficient (Wildman–Crippen LogP) is 2.35. The molecule has 0 heterocycles. The van der Waals surface area contributed by atoms with Crippen LogP contribution in [0.5, 0.6) is 5.75 Å². The number of methoxy groups -OCH3 is 1. The Labute approximate surface area is 109 Å². The molecule has 0 fully saturated rings. The van der Waals surface area contributed by atoms with E-state index >= 15 is 0 Å². The van der Waals surface area contributed by atoms with Crippen molar-refractivity contribution in [2.45, 2.75) is 26.2 Å². The van der Waals surface area contributed by atoms with Gasteiger partial charge in [0.15, 0.2) is 6.29 Å². The summed E-state index contributed by atoms with van der Waals surface area (Å²) in [6.45, 7) is 5.18. The van der Waals surface area contributed by atoms with Gasteiger partial charge in [-0.05, 0) is 38.6 Å². The summed E-state index contributed by atoms with van der Waals surface area (Å²) >= 11 is 0. The number of hydrogen-bond acceptors (Lipinski definition) is 4. The molecule has 4 nitrogen and oxygen atoms in total. The summed E-state index contributed by atoms with van der Waals surface area (Å²) in [4.78, 5) is 0. The van der Waals surface area contributed by atoms with Crippen LogP contribution in [0.3, 0.4) is 0 Å². The van der Waals surface area contributed by atoms with Crippen molar-refractivity contribution in [1.29, 1.82) is 0 Å². The van der Waals surface area contributed by atoms with Gasteiger partial charge in [0.05, 0.1) is 13.2 Å². The highest BCUT2D eigenvalue weighted by Crippen LogP contribution is 2.22. The van der Waals surface area contributed by atoms with Crippen LogP contribution in [0.4, 0.5) is 0 Å². The van der Waals surface area contributed by atoms with Crippen molar-refractivity contribution in [3.63, 3.8) is 0 Å². The summed E-state index contributed by atoms with van der Waals surface area (Å²) < 4.78 is 16.4. The summed E-state index contributed by atoms with van der Waals surface area (Å²) in [6.07, 6.45) is -0.279. The minimum absolute atomic E-state index is 0.0100. The third-order valence-corrected chi connectivity index (χ3v) is 2.72. The fourth-order valence-electron chi connectivity index (χ4n) is 1.84. The van der Waals surface area contributed by atoms with Crippen LogP contribution in [0.15, 0.2) is 24.3 Å². The normalized spacial score (nSPS) is 12.7. The molecule has 0 aromatic heterocycles. The van der Waals surface area contributed by atoms with E-state index < -0.39 is 0 Å². The molecule has 0 radical (unpaired) electrons. The number of likely N-dealkylation sites (N-methyl/N-ethyl adjacent to an activating group) is 1. The van der Waals surface area contributed by atoms with Crippen molar-refractivity contribution in [2.75, 3.05) is 27.4 Å². The van der Waals surface area contributed by atoms with Crippen molar-refractivity contribution in [3.05, 3.63) is 29.8 Å². The molecule has 0 saturated heterocycles. The van der Waals surface area contributed by atoms with Crippen LogP contribution in [0.2, 0.25) is 0 Å². The molecule has 0 aliphatic heterocycles. The monoisotopic (exact) mass is 253 g/mol. The predicted molar refractivity (Wildman–Crippen MR) is 71.8 cm³/mol. The molecule has 1 aromatic rings. The fourth-order valence-corrected chi connectivity index (χ4v) is 1.84. The minimum Gasteiger partial charge on any atom is -0.497 e. The molecule has 0 spiro atoms. The summed E-state index contributed by atoms with van der Waals surface area (Å²) in [5, 5.41) is 3.23. The third kappa shape index (κ3) is 3.98. The molecule has 1 rings (SSSR count). The van der Waals surface area contributed by atoms with Crippen molar-refractivity contribution in [2.24, 2.45) is 0 Å². The number of rotatable bonds is 8. The number of nitrogens with one attached hydrogen (secondary N) is 1. The first-order chi connectivity index (χ1) is 8.76. The second-order valence-corrected chi connectivity index (χ2v) is 3.82. The summed E-state index contributed by atoms with van der Waals surface area (Å²) in [5.74, 6) is 0.845. The van der Waals surface area contributed by atoms with Crippen molar-refractivity contribution in [3.8, 4) is 5.75 Å². The van der Waals surface area contributed by atoms with Crippen LogP contribution in [-0.4, -0.2) is 33.7 Å². The van der Waals surface area contributed by atoms with E-state index in [-0.39, 0.29) is 12.3 Å². The average molecular weight is 253 g/mol. The van der Waals surface area contributed by atoms with Crippen LogP contribution >= 0.6 is 0 Å². The van der Waals surface area contributed by atoms with E-state index in [2.05, 4.69) is 5.32 Å². The van der Waals surface area contributed by atoms with E-state index in [9.17, 15) is 0 Å². The van der Waals surface area contributed by atoms with Crippen molar-refractivity contribution in [1.82, 2.24) is 5.32 Å². The standard InChI is InChI=1S/C14H23NO3/c1-5-17-14(18-6-2)13(15-3)11-7-9-12(16-4)10-8-11/h7-10,13-15H,5-6H2,1-4H3. The quantitative estimate of drug-likeness (QED) is 0.722. The Bertz CT molecular complexity index is 320. The molecule has 0 aliphatic carbocycles. The Morgan fingerprint density at radius 1 is 1.06 bits per heavy atom. The molecule has 1 unspecified atom stereocenters. The van der Waals surface area contributed by atoms with Gasteiger partial charge in [-0.15, -0.1) is 0 Å². The molecule has 1 aromatic carbocycles. The Kier molecular flexibility index (Phi) is 6.72. The highest BCUT2D eigenvalue weighted by molar-refractivity contribution is 5.29. The van der Waals surface area contributed by atoms with Gasteiger partial charge in [-0.3, -0.25) is 0 Å². The smallest absolute Gasteiger partial charge is 0.176 e. The average Bonchev–Trinajstić information content (AvgIpc) is 2.41. The van der Waals surface area contributed by atoms with E-state index in [1.54, 1.807) is 7.11 Å². The zero-order chi connectivity index (χ0) is 13.4. The molecule has 18 heavy (non-hydrogen) atoms. The molecule has 0 aliphatic rings. The van der Waals surface area contributed by atoms with E-state index in [4.69, 9.17) is 14.2 Å². The molecular formula is C14H23NO3. The van der Waals surface area contributed by atoms with Crippen LogP contribution in [0.1, 0.15) is 25.5 Å². The van der Waals surface area contributed by atoms with Crippen LogP contribution in [0, 0.1) is 0 Å². The van der Waals surface area contributed by atoms with Crippen LogP contribution in [-0.2, 0) is 9.47 Å². The van der Waals surface area contributed by atoms with Gasteiger partial charge in [0, 0.05) is 13.2 Å². The van der Waals surface area contributed by atoms with Gasteiger partial charge < -0.3 is 19.5 Å². The van der Waals surface area contributed by atoms with Crippen molar-refractivity contribution < 1.29 is 14.2 Å². The maximum atomic E-state index is 5.63. The molecular weight excluding hydrogens is 230 g/mol. The first kappa shape index (κ1) is 15.0. The summed E-state index contributed by atoms with van der Waals surface area (Å²) in [5.41, 5.74) is 1.12. The van der Waals surface area contributed by atoms with Gasteiger partial charge in [-0.2, -0.15) is 0 Å². The van der Waals surface area contributed by atoms with E-state index in [1.165, 1.54) is 0 Å². The molecule has 1 N–H and O–H groups in total. The third-order valence-electron chi connectivity index (χ3n) is 2.72.